The van der Waals surface area contributed by atoms with E-state index in [0.717, 1.165) is 16.7 Å². The fraction of sp³-hybridized carbons (Fsp3) is 0.286. The van der Waals surface area contributed by atoms with Gasteiger partial charge in [0.25, 0.3) is 0 Å². The normalized spacial score (nSPS) is 16.6. The smallest absolute Gasteiger partial charge is 0.415 e. The number of fused-ring (bicyclic) bond motifs is 1. The van der Waals surface area contributed by atoms with Crippen LogP contribution in [-0.2, 0) is 11.8 Å². The Kier molecular flexibility index (Phi) is 4.23. The average molecular weight is 403 g/mol. The molecule has 0 unspecified atom stereocenters. The number of carbonyl (C=O) groups excluding carboxylic acids is 1. The summed E-state index contributed by atoms with van der Waals surface area (Å²) in [4.78, 5) is 23.0. The quantitative estimate of drug-likeness (QED) is 0.520. The summed E-state index contributed by atoms with van der Waals surface area (Å²) < 4.78 is 8.65. The van der Waals surface area contributed by atoms with Crippen molar-refractivity contribution in [2.75, 3.05) is 11.5 Å². The van der Waals surface area contributed by atoms with Gasteiger partial charge in [-0.2, -0.15) is 10.2 Å². The summed E-state index contributed by atoms with van der Waals surface area (Å²) in [6.07, 6.45) is 4.91. The molecule has 0 saturated carbocycles. The zero-order valence-electron chi connectivity index (χ0n) is 16.9. The lowest BCUT2D eigenvalue weighted by Crippen LogP contribution is -2.37. The van der Waals surface area contributed by atoms with Gasteiger partial charge in [-0.1, -0.05) is 38.1 Å². The highest BCUT2D eigenvalue weighted by atomic mass is 16.6. The first-order valence-corrected chi connectivity index (χ1v) is 9.78. The molecule has 4 aromatic rings. The molecule has 9 nitrogen and oxygen atoms in total. The second kappa shape index (κ2) is 6.94. The van der Waals surface area contributed by atoms with Gasteiger partial charge in [0.1, 0.15) is 18.8 Å². The van der Waals surface area contributed by atoms with Crippen LogP contribution in [0.15, 0.2) is 49.1 Å². The number of anilines is 1. The Morgan fingerprint density at radius 2 is 1.90 bits per heavy atom. The molecule has 9 heteroatoms. The zero-order valence-corrected chi connectivity index (χ0v) is 16.9. The van der Waals surface area contributed by atoms with Crippen molar-refractivity contribution >= 4 is 17.6 Å². The van der Waals surface area contributed by atoms with Crippen molar-refractivity contribution in [3.05, 3.63) is 49.1 Å². The molecule has 1 saturated heterocycles. The Bertz CT molecular complexity index is 1230. The zero-order chi connectivity index (χ0) is 20.8. The molecule has 30 heavy (non-hydrogen) atoms. The molecular weight excluding hydrogens is 382 g/mol. The SMILES string of the molecule is CC(C)[C@H]1COC(=O)N1c1ccn2ncc(-c3ccc(-c4ncn(C)n4)cc3)c2n1. The molecule has 0 radical (unpaired) electrons. The van der Waals surface area contributed by atoms with E-state index in [-0.39, 0.29) is 18.1 Å². The Morgan fingerprint density at radius 1 is 1.13 bits per heavy atom. The molecule has 1 aromatic carbocycles. The molecule has 0 spiro atoms. The number of benzene rings is 1. The number of amides is 1. The van der Waals surface area contributed by atoms with Gasteiger partial charge in [-0.3, -0.25) is 9.58 Å². The monoisotopic (exact) mass is 403 g/mol. The van der Waals surface area contributed by atoms with Crippen molar-refractivity contribution in [3.8, 4) is 22.5 Å². The molecular formula is C21H21N7O2. The minimum Gasteiger partial charge on any atom is -0.447 e. The number of cyclic esters (lactones) is 1. The van der Waals surface area contributed by atoms with Crippen molar-refractivity contribution in [1.29, 1.82) is 0 Å². The van der Waals surface area contributed by atoms with Crippen LogP contribution in [0.4, 0.5) is 10.6 Å². The number of ether oxygens (including phenoxy) is 1. The molecule has 1 atom stereocenters. The van der Waals surface area contributed by atoms with Crippen molar-refractivity contribution in [2.24, 2.45) is 13.0 Å². The van der Waals surface area contributed by atoms with E-state index in [4.69, 9.17) is 9.72 Å². The van der Waals surface area contributed by atoms with Gasteiger partial charge in [0.2, 0.25) is 0 Å². The van der Waals surface area contributed by atoms with E-state index < -0.39 is 0 Å². The molecule has 3 aromatic heterocycles. The van der Waals surface area contributed by atoms with Gasteiger partial charge >= 0.3 is 6.09 Å². The average Bonchev–Trinajstić information content (AvgIpc) is 3.45. The van der Waals surface area contributed by atoms with Crippen molar-refractivity contribution in [3.63, 3.8) is 0 Å². The minimum atomic E-state index is -0.362. The predicted molar refractivity (Wildman–Crippen MR) is 111 cm³/mol. The van der Waals surface area contributed by atoms with Crippen LogP contribution in [0.5, 0.6) is 0 Å². The largest absolute Gasteiger partial charge is 0.447 e. The van der Waals surface area contributed by atoms with E-state index in [0.29, 0.717) is 23.9 Å². The number of nitrogens with zero attached hydrogens (tertiary/aromatic N) is 7. The molecule has 0 aliphatic carbocycles. The summed E-state index contributed by atoms with van der Waals surface area (Å²) in [6.45, 7) is 4.51. The first kappa shape index (κ1) is 18.3. The van der Waals surface area contributed by atoms with E-state index in [2.05, 4.69) is 29.0 Å². The Morgan fingerprint density at radius 3 is 2.60 bits per heavy atom. The molecule has 1 amide bonds. The predicted octanol–water partition coefficient (Wildman–Crippen LogP) is 3.17. The van der Waals surface area contributed by atoms with Crippen LogP contribution in [-0.4, -0.2) is 48.1 Å². The second-order valence-corrected chi connectivity index (χ2v) is 7.69. The van der Waals surface area contributed by atoms with Crippen LogP contribution in [0, 0.1) is 5.92 Å². The number of aromatic nitrogens is 6. The van der Waals surface area contributed by atoms with Gasteiger partial charge in [0, 0.05) is 24.4 Å². The highest BCUT2D eigenvalue weighted by molar-refractivity contribution is 5.90. The van der Waals surface area contributed by atoms with E-state index >= 15 is 0 Å². The minimum absolute atomic E-state index is 0.0380. The summed E-state index contributed by atoms with van der Waals surface area (Å²) >= 11 is 0. The highest BCUT2D eigenvalue weighted by Crippen LogP contribution is 2.29. The number of carbonyl (C=O) groups is 1. The van der Waals surface area contributed by atoms with Gasteiger partial charge in [-0.25, -0.2) is 19.3 Å². The lowest BCUT2D eigenvalue weighted by Gasteiger charge is -2.23. The summed E-state index contributed by atoms with van der Waals surface area (Å²) in [5, 5.41) is 8.75. The van der Waals surface area contributed by atoms with Gasteiger partial charge in [-0.15, -0.1) is 0 Å². The molecule has 0 bridgehead atoms. The third-order valence-electron chi connectivity index (χ3n) is 5.33. The van der Waals surface area contributed by atoms with Gasteiger partial charge in [0.15, 0.2) is 11.5 Å². The van der Waals surface area contributed by atoms with Crippen molar-refractivity contribution in [2.45, 2.75) is 19.9 Å². The third kappa shape index (κ3) is 2.99. The Labute approximate surface area is 172 Å². The molecule has 1 aliphatic heterocycles. The third-order valence-corrected chi connectivity index (χ3v) is 5.33. The highest BCUT2D eigenvalue weighted by Gasteiger charge is 2.37. The first-order chi connectivity index (χ1) is 14.5. The first-order valence-electron chi connectivity index (χ1n) is 9.78. The molecule has 1 fully saturated rings. The molecule has 5 rings (SSSR count). The standard InChI is InChI=1S/C21H21N7O2/c1-13(2)17-11-30-21(29)28(17)18-8-9-27-20(24-18)16(10-23-27)14-4-6-15(7-5-14)19-22-12-26(3)25-19/h4-10,12-13,17H,11H2,1-3H3/t17-/m1/s1. The lowest BCUT2D eigenvalue weighted by atomic mass is 10.0. The molecule has 152 valence electrons. The van der Waals surface area contributed by atoms with Gasteiger partial charge in [-0.05, 0) is 17.5 Å². The Hall–Kier alpha value is -3.75. The van der Waals surface area contributed by atoms with Crippen LogP contribution in [0.1, 0.15) is 13.8 Å². The topological polar surface area (TPSA) is 90.4 Å². The maximum absolute atomic E-state index is 12.3. The fourth-order valence-electron chi connectivity index (χ4n) is 3.66. The number of aryl methyl sites for hydroxylation is 1. The summed E-state index contributed by atoms with van der Waals surface area (Å²) in [5.74, 6) is 1.50. The van der Waals surface area contributed by atoms with Crippen LogP contribution in [0.2, 0.25) is 0 Å². The lowest BCUT2D eigenvalue weighted by molar-refractivity contribution is 0.177. The van der Waals surface area contributed by atoms with E-state index in [1.54, 1.807) is 32.7 Å². The van der Waals surface area contributed by atoms with Crippen LogP contribution in [0.3, 0.4) is 0 Å². The number of hydrogen-bond acceptors (Lipinski definition) is 6. The van der Waals surface area contributed by atoms with Gasteiger partial charge < -0.3 is 4.74 Å². The Balaban J connectivity index is 1.53. The number of hydrogen-bond donors (Lipinski definition) is 0. The molecule has 4 heterocycles. The maximum Gasteiger partial charge on any atom is 0.415 e. The summed E-state index contributed by atoms with van der Waals surface area (Å²) in [5.41, 5.74) is 3.47. The van der Waals surface area contributed by atoms with Gasteiger partial charge in [0.05, 0.1) is 12.2 Å². The van der Waals surface area contributed by atoms with E-state index in [9.17, 15) is 4.79 Å². The fourth-order valence-corrected chi connectivity index (χ4v) is 3.66. The second-order valence-electron chi connectivity index (χ2n) is 7.69. The van der Waals surface area contributed by atoms with Crippen LogP contribution in [0.25, 0.3) is 28.2 Å². The summed E-state index contributed by atoms with van der Waals surface area (Å²) in [6, 6.07) is 9.71. The van der Waals surface area contributed by atoms with E-state index in [1.807, 2.05) is 37.5 Å². The van der Waals surface area contributed by atoms with Crippen molar-refractivity contribution in [1.82, 2.24) is 29.4 Å². The maximum atomic E-state index is 12.3. The van der Waals surface area contributed by atoms with Crippen molar-refractivity contribution < 1.29 is 9.53 Å². The summed E-state index contributed by atoms with van der Waals surface area (Å²) in [7, 11) is 1.84. The molecule has 1 aliphatic rings. The van der Waals surface area contributed by atoms with E-state index in [1.165, 1.54) is 0 Å². The van der Waals surface area contributed by atoms with Crippen LogP contribution < -0.4 is 4.90 Å². The van der Waals surface area contributed by atoms with Crippen LogP contribution >= 0.6 is 0 Å². The number of rotatable bonds is 4. The molecule has 0 N–H and O–H groups in total.